The van der Waals surface area contributed by atoms with Gasteiger partial charge in [-0.2, -0.15) is 0 Å². The number of hydrogen-bond acceptors (Lipinski definition) is 4. The van der Waals surface area contributed by atoms with Gasteiger partial charge in [-0.3, -0.25) is 5.26 Å². The van der Waals surface area contributed by atoms with Gasteiger partial charge in [0.1, 0.15) is 17.9 Å². The number of rotatable bonds is 3. The smallest absolute Gasteiger partial charge is 0.339 e. The molecule has 5 nitrogen and oxygen atoms in total. The summed E-state index contributed by atoms with van der Waals surface area (Å²) < 4.78 is 0. The second kappa shape index (κ2) is 3.88. The SMILES string of the molecule is O=C(O)c1cc(COO)ccc1O. The van der Waals surface area contributed by atoms with Crippen molar-refractivity contribution in [3.05, 3.63) is 29.3 Å². The van der Waals surface area contributed by atoms with Gasteiger partial charge in [0.25, 0.3) is 0 Å². The van der Waals surface area contributed by atoms with Gasteiger partial charge in [0.2, 0.25) is 0 Å². The predicted molar refractivity (Wildman–Crippen MR) is 42.5 cm³/mol. The van der Waals surface area contributed by atoms with Crippen LogP contribution in [0.15, 0.2) is 18.2 Å². The number of aromatic carboxylic acids is 1. The van der Waals surface area contributed by atoms with Crippen molar-refractivity contribution < 1.29 is 25.2 Å². The van der Waals surface area contributed by atoms with Gasteiger partial charge in [-0.15, -0.1) is 0 Å². The second-order valence-corrected chi connectivity index (χ2v) is 2.43. The largest absolute Gasteiger partial charge is 0.507 e. The Morgan fingerprint density at radius 2 is 2.15 bits per heavy atom. The number of aromatic hydroxyl groups is 1. The normalized spacial score (nSPS) is 9.92. The molecular formula is C8H8O5. The molecule has 0 aliphatic heterocycles. The Balaban J connectivity index is 3.04. The summed E-state index contributed by atoms with van der Waals surface area (Å²) in [5.41, 5.74) is 0.257. The summed E-state index contributed by atoms with van der Waals surface area (Å²) in [6.45, 7) is -0.111. The molecule has 0 heterocycles. The van der Waals surface area contributed by atoms with Crippen LogP contribution < -0.4 is 0 Å². The van der Waals surface area contributed by atoms with E-state index >= 15 is 0 Å². The average molecular weight is 184 g/mol. The first-order valence-electron chi connectivity index (χ1n) is 3.46. The lowest BCUT2D eigenvalue weighted by atomic mass is 10.1. The maximum atomic E-state index is 10.5. The number of carboxylic acid groups (broad SMARTS) is 1. The number of carboxylic acids is 1. The van der Waals surface area contributed by atoms with Crippen molar-refractivity contribution >= 4 is 5.97 Å². The minimum Gasteiger partial charge on any atom is -0.507 e. The zero-order chi connectivity index (χ0) is 9.84. The summed E-state index contributed by atoms with van der Waals surface area (Å²) in [5.74, 6) is -1.54. The second-order valence-electron chi connectivity index (χ2n) is 2.43. The van der Waals surface area contributed by atoms with E-state index in [1.165, 1.54) is 18.2 Å². The van der Waals surface area contributed by atoms with Crippen molar-refractivity contribution in [1.82, 2.24) is 0 Å². The lowest BCUT2D eigenvalue weighted by Gasteiger charge is -2.02. The summed E-state index contributed by atoms with van der Waals surface area (Å²) in [6.07, 6.45) is 0. The lowest BCUT2D eigenvalue weighted by molar-refractivity contribution is -0.253. The first-order valence-corrected chi connectivity index (χ1v) is 3.46. The Labute approximate surface area is 73.7 Å². The predicted octanol–water partition coefficient (Wildman–Crippen LogP) is 1.08. The van der Waals surface area contributed by atoms with E-state index in [0.29, 0.717) is 5.56 Å². The molecule has 0 unspecified atom stereocenters. The van der Waals surface area contributed by atoms with Crippen LogP contribution in [0, 0.1) is 0 Å². The summed E-state index contributed by atoms with van der Waals surface area (Å²) in [5, 5.41) is 25.8. The third kappa shape index (κ3) is 2.17. The molecule has 0 radical (unpaired) electrons. The number of carbonyl (C=O) groups is 1. The molecule has 0 bridgehead atoms. The molecular weight excluding hydrogens is 176 g/mol. The molecule has 1 aromatic rings. The summed E-state index contributed by atoms with van der Waals surface area (Å²) in [4.78, 5) is 14.3. The quantitative estimate of drug-likeness (QED) is 0.483. The molecule has 0 fully saturated rings. The highest BCUT2D eigenvalue weighted by Gasteiger charge is 2.09. The molecule has 0 aliphatic carbocycles. The van der Waals surface area contributed by atoms with Crippen LogP contribution in [0.3, 0.4) is 0 Å². The zero-order valence-corrected chi connectivity index (χ0v) is 6.60. The van der Waals surface area contributed by atoms with Crippen LogP contribution in [0.25, 0.3) is 0 Å². The van der Waals surface area contributed by atoms with Gasteiger partial charge >= 0.3 is 5.97 Å². The molecule has 0 spiro atoms. The molecule has 1 rings (SSSR count). The molecule has 13 heavy (non-hydrogen) atoms. The van der Waals surface area contributed by atoms with Crippen LogP contribution in [-0.4, -0.2) is 21.4 Å². The summed E-state index contributed by atoms with van der Waals surface area (Å²) in [6, 6.07) is 3.92. The average Bonchev–Trinajstić information content (AvgIpc) is 2.08. The fourth-order valence-electron chi connectivity index (χ4n) is 0.919. The highest BCUT2D eigenvalue weighted by atomic mass is 17.1. The minimum absolute atomic E-state index is 0.111. The maximum Gasteiger partial charge on any atom is 0.339 e. The Bertz CT molecular complexity index is 320. The molecule has 5 heteroatoms. The molecule has 0 saturated carbocycles. The lowest BCUT2D eigenvalue weighted by Crippen LogP contribution is -1.98. The Morgan fingerprint density at radius 3 is 2.69 bits per heavy atom. The van der Waals surface area contributed by atoms with Crippen molar-refractivity contribution in [2.24, 2.45) is 0 Å². The van der Waals surface area contributed by atoms with Gasteiger partial charge in [-0.1, -0.05) is 6.07 Å². The molecule has 0 aromatic heterocycles. The van der Waals surface area contributed by atoms with Crippen LogP contribution in [0.1, 0.15) is 15.9 Å². The van der Waals surface area contributed by atoms with E-state index in [1.54, 1.807) is 0 Å². The Kier molecular flexibility index (Phi) is 2.84. The van der Waals surface area contributed by atoms with Crippen molar-refractivity contribution in [1.29, 1.82) is 0 Å². The minimum atomic E-state index is -1.22. The van der Waals surface area contributed by atoms with Gasteiger partial charge in [0, 0.05) is 0 Å². The van der Waals surface area contributed by atoms with Gasteiger partial charge in [0.15, 0.2) is 0 Å². The van der Waals surface area contributed by atoms with Crippen molar-refractivity contribution in [2.45, 2.75) is 6.61 Å². The Hall–Kier alpha value is -1.59. The molecule has 0 aliphatic rings. The van der Waals surface area contributed by atoms with Crippen molar-refractivity contribution in [3.8, 4) is 5.75 Å². The van der Waals surface area contributed by atoms with Crippen LogP contribution in [0.5, 0.6) is 5.75 Å². The van der Waals surface area contributed by atoms with Gasteiger partial charge in [-0.25, -0.2) is 9.68 Å². The number of benzene rings is 1. The highest BCUT2D eigenvalue weighted by Crippen LogP contribution is 2.18. The van der Waals surface area contributed by atoms with Crippen LogP contribution in [-0.2, 0) is 11.5 Å². The van der Waals surface area contributed by atoms with Gasteiger partial charge < -0.3 is 10.2 Å². The highest BCUT2D eigenvalue weighted by molar-refractivity contribution is 5.90. The van der Waals surface area contributed by atoms with Crippen molar-refractivity contribution in [2.75, 3.05) is 0 Å². The standard InChI is InChI=1S/C8H8O5/c9-7-2-1-5(4-13-12)3-6(7)8(10)11/h1-3,9,12H,4H2,(H,10,11). The fourth-order valence-corrected chi connectivity index (χ4v) is 0.919. The molecule has 0 amide bonds. The summed E-state index contributed by atoms with van der Waals surface area (Å²) in [7, 11) is 0. The summed E-state index contributed by atoms with van der Waals surface area (Å²) >= 11 is 0. The van der Waals surface area contributed by atoms with E-state index in [1.807, 2.05) is 0 Å². The fraction of sp³-hybridized carbons (Fsp3) is 0.125. The topological polar surface area (TPSA) is 87.0 Å². The molecule has 0 saturated heterocycles. The van der Waals surface area contributed by atoms with E-state index in [0.717, 1.165) is 0 Å². The monoisotopic (exact) mass is 184 g/mol. The van der Waals surface area contributed by atoms with Crippen LogP contribution in [0.4, 0.5) is 0 Å². The first kappa shape index (κ1) is 9.50. The molecule has 70 valence electrons. The van der Waals surface area contributed by atoms with Gasteiger partial charge in [0.05, 0.1) is 0 Å². The van der Waals surface area contributed by atoms with E-state index in [-0.39, 0.29) is 17.9 Å². The van der Waals surface area contributed by atoms with E-state index in [9.17, 15) is 4.79 Å². The first-order chi connectivity index (χ1) is 6.15. The van der Waals surface area contributed by atoms with Crippen LogP contribution in [0.2, 0.25) is 0 Å². The molecule has 1 aromatic carbocycles. The van der Waals surface area contributed by atoms with E-state index < -0.39 is 5.97 Å². The number of hydrogen-bond donors (Lipinski definition) is 3. The molecule has 3 N–H and O–H groups in total. The van der Waals surface area contributed by atoms with Crippen LogP contribution >= 0.6 is 0 Å². The van der Waals surface area contributed by atoms with E-state index in [4.69, 9.17) is 15.5 Å². The van der Waals surface area contributed by atoms with Crippen molar-refractivity contribution in [3.63, 3.8) is 0 Å². The zero-order valence-electron chi connectivity index (χ0n) is 6.60. The van der Waals surface area contributed by atoms with Gasteiger partial charge in [-0.05, 0) is 17.7 Å². The number of phenols is 1. The Morgan fingerprint density at radius 1 is 1.46 bits per heavy atom. The third-order valence-corrected chi connectivity index (χ3v) is 1.52. The third-order valence-electron chi connectivity index (χ3n) is 1.52. The van der Waals surface area contributed by atoms with E-state index in [2.05, 4.69) is 4.89 Å². The maximum absolute atomic E-state index is 10.5. The molecule has 0 atom stereocenters.